The molecule has 134 valence electrons. The Kier molecular flexibility index (Phi) is 5.08. The lowest BCUT2D eigenvalue weighted by Gasteiger charge is -2.23. The lowest BCUT2D eigenvalue weighted by atomic mass is 9.83. The van der Waals surface area contributed by atoms with Crippen molar-refractivity contribution in [3.8, 4) is 5.75 Å². The van der Waals surface area contributed by atoms with Gasteiger partial charge in [-0.15, -0.1) is 0 Å². The molecule has 2 N–H and O–H groups in total. The van der Waals surface area contributed by atoms with Gasteiger partial charge in [0.15, 0.2) is 5.82 Å². The Balaban J connectivity index is 1.69. The van der Waals surface area contributed by atoms with Crippen molar-refractivity contribution in [2.24, 2.45) is 0 Å². The molecule has 3 rings (SSSR count). The van der Waals surface area contributed by atoms with E-state index in [1.807, 2.05) is 44.2 Å². The highest BCUT2D eigenvalue weighted by atomic mass is 16.5. The summed E-state index contributed by atoms with van der Waals surface area (Å²) >= 11 is 0. The van der Waals surface area contributed by atoms with Crippen LogP contribution in [0, 0.1) is 0 Å². The van der Waals surface area contributed by atoms with E-state index < -0.39 is 5.41 Å². The maximum absolute atomic E-state index is 12.8. The van der Waals surface area contributed by atoms with Gasteiger partial charge < -0.3 is 14.8 Å². The van der Waals surface area contributed by atoms with Gasteiger partial charge in [-0.25, -0.2) is 0 Å². The quantitative estimate of drug-likeness (QED) is 0.874. The summed E-state index contributed by atoms with van der Waals surface area (Å²) in [4.78, 5) is 12.8. The molecule has 0 unspecified atom stereocenters. The lowest BCUT2D eigenvalue weighted by Crippen LogP contribution is -2.34. The largest absolute Gasteiger partial charge is 0.497 e. The van der Waals surface area contributed by atoms with Crippen LogP contribution in [-0.2, 0) is 14.9 Å². The smallest absolute Gasteiger partial charge is 0.235 e. The molecule has 1 aliphatic heterocycles. The molecule has 2 heterocycles. The first-order chi connectivity index (χ1) is 12.0. The van der Waals surface area contributed by atoms with Gasteiger partial charge in [0.25, 0.3) is 0 Å². The van der Waals surface area contributed by atoms with Gasteiger partial charge in [0.1, 0.15) is 5.75 Å². The predicted molar refractivity (Wildman–Crippen MR) is 96.0 cm³/mol. The highest BCUT2D eigenvalue weighted by Crippen LogP contribution is 2.29. The number of ether oxygens (including phenoxy) is 2. The van der Waals surface area contributed by atoms with Crippen LogP contribution >= 0.6 is 0 Å². The Labute approximate surface area is 147 Å². The summed E-state index contributed by atoms with van der Waals surface area (Å²) in [7, 11) is 1.63. The monoisotopic (exact) mass is 343 g/mol. The topological polar surface area (TPSA) is 76.2 Å². The Bertz CT molecular complexity index is 716. The van der Waals surface area contributed by atoms with Gasteiger partial charge in [-0.05, 0) is 44.4 Å². The van der Waals surface area contributed by atoms with Crippen LogP contribution in [-0.4, -0.2) is 36.4 Å². The summed E-state index contributed by atoms with van der Waals surface area (Å²) in [5.74, 6) is 1.66. The second-order valence-corrected chi connectivity index (χ2v) is 6.90. The molecular weight excluding hydrogens is 318 g/mol. The molecule has 1 fully saturated rings. The van der Waals surface area contributed by atoms with Crippen LogP contribution in [0.2, 0.25) is 0 Å². The average Bonchev–Trinajstić information content (AvgIpc) is 3.11. The number of carbonyl (C=O) groups is 1. The number of benzene rings is 1. The first-order valence-corrected chi connectivity index (χ1v) is 8.59. The molecule has 0 saturated carbocycles. The van der Waals surface area contributed by atoms with E-state index in [2.05, 4.69) is 15.5 Å². The summed E-state index contributed by atoms with van der Waals surface area (Å²) in [6.07, 6.45) is 1.96. The molecule has 1 aliphatic rings. The van der Waals surface area contributed by atoms with E-state index in [-0.39, 0.29) is 5.91 Å². The number of nitrogens with one attached hydrogen (secondary N) is 2. The van der Waals surface area contributed by atoms with E-state index in [1.165, 1.54) is 0 Å². The molecule has 1 saturated heterocycles. The molecule has 0 atom stereocenters. The third-order valence-corrected chi connectivity index (χ3v) is 4.88. The molecule has 0 radical (unpaired) electrons. The van der Waals surface area contributed by atoms with E-state index in [9.17, 15) is 4.79 Å². The van der Waals surface area contributed by atoms with E-state index in [4.69, 9.17) is 9.47 Å². The summed E-state index contributed by atoms with van der Waals surface area (Å²) in [5, 5.41) is 10.2. The van der Waals surface area contributed by atoms with Gasteiger partial charge in [0.2, 0.25) is 5.91 Å². The highest BCUT2D eigenvalue weighted by molar-refractivity contribution is 5.97. The van der Waals surface area contributed by atoms with Crippen molar-refractivity contribution in [3.05, 3.63) is 41.6 Å². The number of carbonyl (C=O) groups excluding carboxylic acids is 1. The second-order valence-electron chi connectivity index (χ2n) is 6.90. The van der Waals surface area contributed by atoms with E-state index in [1.54, 1.807) is 7.11 Å². The number of hydrogen-bond acceptors (Lipinski definition) is 4. The molecule has 1 aromatic heterocycles. The number of amides is 1. The van der Waals surface area contributed by atoms with Crippen LogP contribution in [0.3, 0.4) is 0 Å². The van der Waals surface area contributed by atoms with Crippen LogP contribution in [0.4, 0.5) is 5.82 Å². The molecular formula is C19H25N3O3. The fourth-order valence-electron chi connectivity index (χ4n) is 3.03. The van der Waals surface area contributed by atoms with E-state index >= 15 is 0 Å². The highest BCUT2D eigenvalue weighted by Gasteiger charge is 2.30. The van der Waals surface area contributed by atoms with Gasteiger partial charge in [-0.2, -0.15) is 5.10 Å². The van der Waals surface area contributed by atoms with Gasteiger partial charge in [-0.1, -0.05) is 12.1 Å². The molecule has 0 aliphatic carbocycles. The van der Waals surface area contributed by atoms with Crippen LogP contribution in [0.1, 0.15) is 43.9 Å². The zero-order valence-corrected chi connectivity index (χ0v) is 15.0. The number of anilines is 1. The summed E-state index contributed by atoms with van der Waals surface area (Å²) < 4.78 is 10.6. The van der Waals surface area contributed by atoms with Crippen molar-refractivity contribution in [2.75, 3.05) is 25.6 Å². The summed E-state index contributed by atoms with van der Waals surface area (Å²) in [5.41, 5.74) is 1.30. The maximum Gasteiger partial charge on any atom is 0.235 e. The Morgan fingerprint density at radius 3 is 2.60 bits per heavy atom. The molecule has 6 heteroatoms. The number of H-pyrrole nitrogens is 1. The molecule has 0 spiro atoms. The van der Waals surface area contributed by atoms with E-state index in [0.29, 0.717) is 11.7 Å². The maximum atomic E-state index is 12.8. The fourth-order valence-corrected chi connectivity index (χ4v) is 3.03. The SMILES string of the molecule is COc1ccc(C(C)(C)C(=O)Nc2cc(C3CCOCC3)[nH]n2)cc1. The van der Waals surface area contributed by atoms with E-state index in [0.717, 1.165) is 43.1 Å². The van der Waals surface area contributed by atoms with Gasteiger partial charge in [-0.3, -0.25) is 9.89 Å². The molecule has 2 aromatic rings. The van der Waals surface area contributed by atoms with Crippen molar-refractivity contribution >= 4 is 11.7 Å². The van der Waals surface area contributed by atoms with Crippen LogP contribution < -0.4 is 10.1 Å². The average molecular weight is 343 g/mol. The first kappa shape index (κ1) is 17.5. The standard InChI is InChI=1S/C19H25N3O3/c1-19(2,14-4-6-15(24-3)7-5-14)18(23)20-17-12-16(21-22-17)13-8-10-25-11-9-13/h4-7,12-13H,8-11H2,1-3H3,(H2,20,21,22,23). The Morgan fingerprint density at radius 1 is 1.28 bits per heavy atom. The lowest BCUT2D eigenvalue weighted by molar-refractivity contribution is -0.120. The van der Waals surface area contributed by atoms with Gasteiger partial charge >= 0.3 is 0 Å². The Hall–Kier alpha value is -2.34. The van der Waals surface area contributed by atoms with Crippen molar-refractivity contribution in [2.45, 2.75) is 38.0 Å². The Morgan fingerprint density at radius 2 is 1.96 bits per heavy atom. The minimum atomic E-state index is -0.677. The second kappa shape index (κ2) is 7.27. The number of aromatic nitrogens is 2. The fraction of sp³-hybridized carbons (Fsp3) is 0.474. The first-order valence-electron chi connectivity index (χ1n) is 8.59. The normalized spacial score (nSPS) is 15.8. The van der Waals surface area contributed by atoms with Crippen LogP contribution in [0.25, 0.3) is 0 Å². The minimum absolute atomic E-state index is 0.0947. The van der Waals surface area contributed by atoms with Crippen LogP contribution in [0.15, 0.2) is 30.3 Å². The predicted octanol–water partition coefficient (Wildman–Crippen LogP) is 3.23. The van der Waals surface area contributed by atoms with Gasteiger partial charge in [0, 0.05) is 30.9 Å². The number of rotatable bonds is 5. The molecule has 1 aromatic carbocycles. The van der Waals surface area contributed by atoms with Crippen molar-refractivity contribution in [1.82, 2.24) is 10.2 Å². The third-order valence-electron chi connectivity index (χ3n) is 4.88. The summed E-state index contributed by atoms with van der Waals surface area (Å²) in [6.45, 7) is 5.35. The molecule has 25 heavy (non-hydrogen) atoms. The number of aromatic amines is 1. The molecule has 6 nitrogen and oxygen atoms in total. The minimum Gasteiger partial charge on any atom is -0.497 e. The zero-order chi connectivity index (χ0) is 17.9. The zero-order valence-electron chi connectivity index (χ0n) is 15.0. The molecule has 1 amide bonds. The number of methoxy groups -OCH3 is 1. The molecule has 0 bridgehead atoms. The van der Waals surface area contributed by atoms with Crippen molar-refractivity contribution < 1.29 is 14.3 Å². The van der Waals surface area contributed by atoms with Crippen molar-refractivity contribution in [3.63, 3.8) is 0 Å². The number of hydrogen-bond donors (Lipinski definition) is 2. The van der Waals surface area contributed by atoms with Crippen molar-refractivity contribution in [1.29, 1.82) is 0 Å². The third kappa shape index (κ3) is 3.85. The summed E-state index contributed by atoms with van der Waals surface area (Å²) in [6, 6.07) is 9.48. The number of nitrogens with zero attached hydrogens (tertiary/aromatic N) is 1. The van der Waals surface area contributed by atoms with Crippen LogP contribution in [0.5, 0.6) is 5.75 Å². The van der Waals surface area contributed by atoms with Gasteiger partial charge in [0.05, 0.1) is 12.5 Å².